The minimum Gasteiger partial charge on any atom is -0.484 e. The summed E-state index contributed by atoms with van der Waals surface area (Å²) in [5, 5.41) is 8.88. The van der Waals surface area contributed by atoms with Gasteiger partial charge in [0.25, 0.3) is 5.91 Å². The number of carbonyl (C=O) groups excluding carboxylic acids is 3. The van der Waals surface area contributed by atoms with Gasteiger partial charge in [-0.2, -0.15) is 5.10 Å². The smallest absolute Gasteiger partial charge is 0.329 e. The first-order valence-electron chi connectivity index (χ1n) is 9.30. The van der Waals surface area contributed by atoms with Crippen molar-refractivity contribution in [2.24, 2.45) is 5.10 Å². The van der Waals surface area contributed by atoms with Crippen molar-refractivity contribution in [1.82, 2.24) is 16.1 Å². The molecule has 3 amide bonds. The third kappa shape index (κ3) is 8.71. The minimum atomic E-state index is -0.869. The SMILES string of the molecule is COCCNC(=O)C(=O)N/N=C\c1ccc(OCC(=O)NC[C@H]2CCCO2)cc1. The predicted molar refractivity (Wildman–Crippen MR) is 105 cm³/mol. The van der Waals surface area contributed by atoms with Gasteiger partial charge in [0.2, 0.25) is 0 Å². The Bertz CT molecular complexity index is 701. The standard InChI is InChI=1S/C19H26N4O6/c1-27-10-8-20-18(25)19(26)23-22-11-14-4-6-15(7-5-14)29-13-17(24)21-12-16-3-2-9-28-16/h4-7,11,16H,2-3,8-10,12-13H2,1H3,(H,20,25)(H,21,24)(H,23,26)/b22-11-/t16-/m1/s1. The summed E-state index contributed by atoms with van der Waals surface area (Å²) in [5.74, 6) is -1.35. The molecule has 0 bridgehead atoms. The van der Waals surface area contributed by atoms with Gasteiger partial charge in [-0.3, -0.25) is 14.4 Å². The molecule has 2 rings (SSSR count). The molecule has 1 aromatic carbocycles. The molecule has 1 atom stereocenters. The van der Waals surface area contributed by atoms with Crippen molar-refractivity contribution in [3.8, 4) is 5.75 Å². The number of nitrogens with zero attached hydrogens (tertiary/aromatic N) is 1. The number of carbonyl (C=O) groups is 3. The summed E-state index contributed by atoms with van der Waals surface area (Å²) in [6, 6.07) is 6.75. The minimum absolute atomic E-state index is 0.0889. The number of nitrogens with one attached hydrogen (secondary N) is 3. The number of amides is 3. The second-order valence-electron chi connectivity index (χ2n) is 6.24. The van der Waals surface area contributed by atoms with Crippen molar-refractivity contribution in [3.05, 3.63) is 29.8 Å². The third-order valence-electron chi connectivity index (χ3n) is 3.98. The topological polar surface area (TPSA) is 127 Å². The normalized spacial score (nSPS) is 15.8. The maximum Gasteiger partial charge on any atom is 0.329 e. The Labute approximate surface area is 169 Å². The second kappa shape index (κ2) is 12.5. The molecular formula is C19H26N4O6. The second-order valence-corrected chi connectivity index (χ2v) is 6.24. The first-order valence-corrected chi connectivity index (χ1v) is 9.30. The summed E-state index contributed by atoms with van der Waals surface area (Å²) >= 11 is 0. The fourth-order valence-electron chi connectivity index (χ4n) is 2.45. The van der Waals surface area contributed by atoms with Gasteiger partial charge in [0, 0.05) is 26.8 Å². The maximum atomic E-state index is 11.8. The zero-order valence-electron chi connectivity index (χ0n) is 16.3. The van der Waals surface area contributed by atoms with E-state index in [9.17, 15) is 14.4 Å². The third-order valence-corrected chi connectivity index (χ3v) is 3.98. The summed E-state index contributed by atoms with van der Waals surface area (Å²) in [7, 11) is 1.49. The number of benzene rings is 1. The number of hydrogen-bond acceptors (Lipinski definition) is 7. The van der Waals surface area contributed by atoms with Crippen LogP contribution in [-0.4, -0.2) is 70.1 Å². The van der Waals surface area contributed by atoms with Crippen LogP contribution in [0.25, 0.3) is 0 Å². The molecule has 1 aliphatic rings. The van der Waals surface area contributed by atoms with Gasteiger partial charge in [-0.05, 0) is 42.7 Å². The Morgan fingerprint density at radius 1 is 1.21 bits per heavy atom. The number of ether oxygens (including phenoxy) is 3. The molecule has 0 unspecified atom stereocenters. The summed E-state index contributed by atoms with van der Waals surface area (Å²) < 4.78 is 15.6. The predicted octanol–water partition coefficient (Wildman–Crippen LogP) is -0.427. The van der Waals surface area contributed by atoms with Gasteiger partial charge in [-0.25, -0.2) is 5.43 Å². The molecule has 1 aromatic rings. The Hall–Kier alpha value is -2.98. The maximum absolute atomic E-state index is 11.8. The fraction of sp³-hybridized carbons (Fsp3) is 0.474. The van der Waals surface area contributed by atoms with Crippen LogP contribution in [0.4, 0.5) is 0 Å². The molecule has 1 heterocycles. The molecule has 0 aliphatic carbocycles. The van der Waals surface area contributed by atoms with E-state index in [2.05, 4.69) is 21.2 Å². The zero-order chi connectivity index (χ0) is 20.9. The molecular weight excluding hydrogens is 380 g/mol. The summed E-state index contributed by atoms with van der Waals surface area (Å²) in [6.45, 7) is 1.70. The van der Waals surface area contributed by atoms with Crippen LogP contribution in [0.15, 0.2) is 29.4 Å². The molecule has 10 nitrogen and oxygen atoms in total. The van der Waals surface area contributed by atoms with Crippen LogP contribution in [0.5, 0.6) is 5.75 Å². The van der Waals surface area contributed by atoms with E-state index in [0.717, 1.165) is 19.4 Å². The van der Waals surface area contributed by atoms with Crippen LogP contribution in [-0.2, 0) is 23.9 Å². The monoisotopic (exact) mass is 406 g/mol. The highest BCUT2D eigenvalue weighted by molar-refractivity contribution is 6.35. The fourth-order valence-corrected chi connectivity index (χ4v) is 2.45. The average Bonchev–Trinajstić information content (AvgIpc) is 3.25. The van der Waals surface area contributed by atoms with E-state index in [0.29, 0.717) is 24.5 Å². The molecule has 29 heavy (non-hydrogen) atoms. The van der Waals surface area contributed by atoms with Gasteiger partial charge in [0.15, 0.2) is 6.61 Å². The molecule has 3 N–H and O–H groups in total. The van der Waals surface area contributed by atoms with Gasteiger partial charge in [0.1, 0.15) is 5.75 Å². The van der Waals surface area contributed by atoms with Crippen molar-refractivity contribution in [1.29, 1.82) is 0 Å². The van der Waals surface area contributed by atoms with Crippen LogP contribution in [0, 0.1) is 0 Å². The first-order chi connectivity index (χ1) is 14.1. The highest BCUT2D eigenvalue weighted by atomic mass is 16.5. The lowest BCUT2D eigenvalue weighted by Crippen LogP contribution is -2.39. The van der Waals surface area contributed by atoms with Crippen LogP contribution >= 0.6 is 0 Å². The van der Waals surface area contributed by atoms with E-state index >= 15 is 0 Å². The molecule has 1 saturated heterocycles. The van der Waals surface area contributed by atoms with E-state index in [4.69, 9.17) is 14.2 Å². The van der Waals surface area contributed by atoms with E-state index in [1.54, 1.807) is 24.3 Å². The van der Waals surface area contributed by atoms with Crippen LogP contribution in [0.1, 0.15) is 18.4 Å². The van der Waals surface area contributed by atoms with E-state index in [1.165, 1.54) is 13.3 Å². The van der Waals surface area contributed by atoms with Gasteiger partial charge >= 0.3 is 11.8 Å². The zero-order valence-corrected chi connectivity index (χ0v) is 16.3. The lowest BCUT2D eigenvalue weighted by Gasteiger charge is -2.11. The number of methoxy groups -OCH3 is 1. The Kier molecular flexibility index (Phi) is 9.60. The van der Waals surface area contributed by atoms with Crippen molar-refractivity contribution in [2.45, 2.75) is 18.9 Å². The Balaban J connectivity index is 1.66. The highest BCUT2D eigenvalue weighted by Crippen LogP contribution is 2.12. The van der Waals surface area contributed by atoms with Gasteiger partial charge in [0.05, 0.1) is 18.9 Å². The number of rotatable bonds is 10. The average molecular weight is 406 g/mol. The van der Waals surface area contributed by atoms with Crippen molar-refractivity contribution in [2.75, 3.05) is 40.0 Å². The molecule has 1 fully saturated rings. The van der Waals surface area contributed by atoms with Crippen LogP contribution in [0.3, 0.4) is 0 Å². The Morgan fingerprint density at radius 2 is 2.00 bits per heavy atom. The van der Waals surface area contributed by atoms with Gasteiger partial charge in [-0.1, -0.05) is 0 Å². The van der Waals surface area contributed by atoms with Crippen LogP contribution < -0.4 is 20.8 Å². The van der Waals surface area contributed by atoms with Crippen molar-refractivity contribution in [3.63, 3.8) is 0 Å². The van der Waals surface area contributed by atoms with Crippen molar-refractivity contribution < 1.29 is 28.6 Å². The quantitative estimate of drug-likeness (QED) is 0.209. The van der Waals surface area contributed by atoms with Gasteiger partial charge < -0.3 is 24.8 Å². The molecule has 0 spiro atoms. The van der Waals surface area contributed by atoms with Crippen molar-refractivity contribution >= 4 is 23.9 Å². The molecule has 158 valence electrons. The summed E-state index contributed by atoms with van der Waals surface area (Å²) in [5.41, 5.74) is 2.81. The summed E-state index contributed by atoms with van der Waals surface area (Å²) in [4.78, 5) is 34.8. The first kappa shape index (κ1) is 22.3. The van der Waals surface area contributed by atoms with E-state index in [1.807, 2.05) is 0 Å². The van der Waals surface area contributed by atoms with E-state index < -0.39 is 11.8 Å². The Morgan fingerprint density at radius 3 is 2.69 bits per heavy atom. The number of hydrazone groups is 1. The highest BCUT2D eigenvalue weighted by Gasteiger charge is 2.16. The van der Waals surface area contributed by atoms with Gasteiger partial charge in [-0.15, -0.1) is 0 Å². The molecule has 1 aliphatic heterocycles. The molecule has 0 radical (unpaired) electrons. The molecule has 10 heteroatoms. The lowest BCUT2D eigenvalue weighted by molar-refractivity contribution is -0.139. The molecule has 0 aromatic heterocycles. The van der Waals surface area contributed by atoms with E-state index in [-0.39, 0.29) is 25.2 Å². The molecule has 0 saturated carbocycles. The lowest BCUT2D eigenvalue weighted by atomic mass is 10.2. The number of hydrogen-bond donors (Lipinski definition) is 3. The largest absolute Gasteiger partial charge is 0.484 e. The summed E-state index contributed by atoms with van der Waals surface area (Å²) in [6.07, 6.45) is 3.47. The van der Waals surface area contributed by atoms with Crippen LogP contribution in [0.2, 0.25) is 0 Å².